The van der Waals surface area contributed by atoms with Gasteiger partial charge in [0.05, 0.1) is 12.1 Å². The van der Waals surface area contributed by atoms with Crippen molar-refractivity contribution in [2.24, 2.45) is 5.73 Å². The number of aliphatic hydroxyl groups is 1. The molecular weight excluding hydrogens is 232 g/mol. The summed E-state index contributed by atoms with van der Waals surface area (Å²) in [5, 5.41) is 9.09. The Balaban J connectivity index is 3.20. The van der Waals surface area contributed by atoms with Crippen LogP contribution in [0.25, 0.3) is 0 Å². The summed E-state index contributed by atoms with van der Waals surface area (Å²) in [7, 11) is 0. The predicted molar refractivity (Wildman–Crippen MR) is 55.3 cm³/mol. The molecule has 3 N–H and O–H groups in total. The molecule has 1 atom stereocenters. The van der Waals surface area contributed by atoms with Gasteiger partial charge in [-0.2, -0.15) is 0 Å². The highest BCUT2D eigenvalue weighted by molar-refractivity contribution is 9.10. The van der Waals surface area contributed by atoms with Crippen LogP contribution in [0.4, 0.5) is 0 Å². The Morgan fingerprint density at radius 3 is 2.85 bits per heavy atom. The highest BCUT2D eigenvalue weighted by atomic mass is 79.9. The Morgan fingerprint density at radius 1 is 1.69 bits per heavy atom. The maximum absolute atomic E-state index is 9.09. The van der Waals surface area contributed by atoms with Gasteiger partial charge in [-0.3, -0.25) is 0 Å². The van der Waals surface area contributed by atoms with Crippen LogP contribution in [0.2, 0.25) is 0 Å². The van der Waals surface area contributed by atoms with E-state index in [9.17, 15) is 0 Å². The molecule has 4 heteroatoms. The van der Waals surface area contributed by atoms with Gasteiger partial charge in [-0.1, -0.05) is 0 Å². The zero-order valence-corrected chi connectivity index (χ0v) is 9.30. The quantitative estimate of drug-likeness (QED) is 0.772. The van der Waals surface area contributed by atoms with Crippen molar-refractivity contribution in [1.82, 2.24) is 4.98 Å². The van der Waals surface area contributed by atoms with Crippen LogP contribution < -0.4 is 5.73 Å². The normalized spacial score (nSPS) is 15.5. The Labute approximate surface area is 86.1 Å². The maximum Gasteiger partial charge on any atom is 0.111 e. The second kappa shape index (κ2) is 3.74. The van der Waals surface area contributed by atoms with E-state index in [1.165, 1.54) is 0 Å². The molecule has 0 saturated carbocycles. The molecule has 3 nitrogen and oxygen atoms in total. The first kappa shape index (κ1) is 10.6. The summed E-state index contributed by atoms with van der Waals surface area (Å²) in [6, 6.07) is 1.92. The van der Waals surface area contributed by atoms with E-state index in [1.54, 1.807) is 13.1 Å². The van der Waals surface area contributed by atoms with Crippen molar-refractivity contribution in [3.63, 3.8) is 0 Å². The van der Waals surface area contributed by atoms with Gasteiger partial charge in [-0.25, -0.2) is 4.98 Å². The lowest BCUT2D eigenvalue weighted by Gasteiger charge is -2.23. The lowest BCUT2D eigenvalue weighted by atomic mass is 9.95. The van der Waals surface area contributed by atoms with Crippen LogP contribution in [-0.2, 0) is 5.54 Å². The van der Waals surface area contributed by atoms with E-state index >= 15 is 0 Å². The number of halogens is 1. The fourth-order valence-corrected chi connectivity index (χ4v) is 1.71. The van der Waals surface area contributed by atoms with Gasteiger partial charge in [0.15, 0.2) is 0 Å². The Bertz CT molecular complexity index is 312. The van der Waals surface area contributed by atoms with E-state index in [4.69, 9.17) is 10.8 Å². The average Bonchev–Trinajstić information content (AvgIpc) is 2.09. The third-order valence-corrected chi connectivity index (χ3v) is 2.55. The van der Waals surface area contributed by atoms with Crippen LogP contribution in [0.5, 0.6) is 0 Å². The van der Waals surface area contributed by atoms with Crippen molar-refractivity contribution in [2.75, 3.05) is 6.61 Å². The largest absolute Gasteiger partial charge is 0.394 e. The molecule has 0 aliphatic carbocycles. The van der Waals surface area contributed by atoms with Gasteiger partial charge in [-0.05, 0) is 41.4 Å². The first-order valence-electron chi connectivity index (χ1n) is 4.00. The summed E-state index contributed by atoms with van der Waals surface area (Å²) < 4.78 is 0.692. The average molecular weight is 245 g/mol. The minimum Gasteiger partial charge on any atom is -0.394 e. The molecule has 72 valence electrons. The Morgan fingerprint density at radius 2 is 2.31 bits per heavy atom. The number of aromatic nitrogens is 1. The van der Waals surface area contributed by atoms with Crippen molar-refractivity contribution in [3.05, 3.63) is 28.0 Å². The SMILES string of the molecule is Cc1cnc(Br)c([C@](C)(N)CO)c1. The highest BCUT2D eigenvalue weighted by Gasteiger charge is 2.23. The molecule has 0 aliphatic rings. The molecule has 0 saturated heterocycles. The van der Waals surface area contributed by atoms with Crippen LogP contribution in [-0.4, -0.2) is 16.7 Å². The second-order valence-corrected chi connectivity index (χ2v) is 4.18. The summed E-state index contributed by atoms with van der Waals surface area (Å²) in [5.41, 5.74) is 7.01. The van der Waals surface area contributed by atoms with Crippen molar-refractivity contribution >= 4 is 15.9 Å². The van der Waals surface area contributed by atoms with Crippen molar-refractivity contribution in [2.45, 2.75) is 19.4 Å². The van der Waals surface area contributed by atoms with Crippen LogP contribution in [0, 0.1) is 6.92 Å². The van der Waals surface area contributed by atoms with Gasteiger partial charge in [-0.15, -0.1) is 0 Å². The van der Waals surface area contributed by atoms with Crippen LogP contribution in [0.1, 0.15) is 18.1 Å². The first-order chi connectivity index (χ1) is 5.97. The number of pyridine rings is 1. The minimum absolute atomic E-state index is 0.100. The molecule has 0 fully saturated rings. The Kier molecular flexibility index (Phi) is 3.05. The van der Waals surface area contributed by atoms with E-state index in [0.717, 1.165) is 11.1 Å². The predicted octanol–water partition coefficient (Wildman–Crippen LogP) is 1.32. The fraction of sp³-hybridized carbons (Fsp3) is 0.444. The van der Waals surface area contributed by atoms with Crippen molar-refractivity contribution in [3.8, 4) is 0 Å². The van der Waals surface area contributed by atoms with Gasteiger partial charge in [0.1, 0.15) is 4.60 Å². The number of nitrogens with zero attached hydrogens (tertiary/aromatic N) is 1. The van der Waals surface area contributed by atoms with Gasteiger partial charge < -0.3 is 10.8 Å². The standard InChI is InChI=1S/C9H13BrN2O/c1-6-3-7(8(10)12-4-6)9(2,11)5-13/h3-4,13H,5,11H2,1-2H3/t9-/m1/s1. The molecule has 0 spiro atoms. The topological polar surface area (TPSA) is 59.1 Å². The molecule has 1 aromatic heterocycles. The number of rotatable bonds is 2. The number of aryl methyl sites for hydroxylation is 1. The third kappa shape index (κ3) is 2.27. The van der Waals surface area contributed by atoms with Crippen LogP contribution in [0.15, 0.2) is 16.9 Å². The summed E-state index contributed by atoms with van der Waals surface area (Å²) in [4.78, 5) is 4.12. The number of hydrogen-bond donors (Lipinski definition) is 2. The van der Waals surface area contributed by atoms with Crippen molar-refractivity contribution < 1.29 is 5.11 Å². The number of hydrogen-bond acceptors (Lipinski definition) is 3. The molecule has 0 amide bonds. The van der Waals surface area contributed by atoms with Crippen LogP contribution in [0.3, 0.4) is 0 Å². The number of nitrogens with two attached hydrogens (primary N) is 1. The summed E-state index contributed by atoms with van der Waals surface area (Å²) in [6.45, 7) is 3.61. The lowest BCUT2D eigenvalue weighted by Crippen LogP contribution is -2.37. The molecule has 0 bridgehead atoms. The van der Waals surface area contributed by atoms with Gasteiger partial charge in [0, 0.05) is 11.8 Å². The molecule has 0 radical (unpaired) electrons. The van der Waals surface area contributed by atoms with E-state index in [-0.39, 0.29) is 6.61 Å². The van der Waals surface area contributed by atoms with E-state index < -0.39 is 5.54 Å². The number of aliphatic hydroxyl groups excluding tert-OH is 1. The zero-order valence-electron chi connectivity index (χ0n) is 7.71. The van der Waals surface area contributed by atoms with E-state index in [0.29, 0.717) is 4.60 Å². The molecular formula is C9H13BrN2O. The molecule has 0 aliphatic heterocycles. The maximum atomic E-state index is 9.09. The minimum atomic E-state index is -0.738. The summed E-state index contributed by atoms with van der Waals surface area (Å²) >= 11 is 3.30. The molecule has 0 aromatic carbocycles. The summed E-state index contributed by atoms with van der Waals surface area (Å²) in [6.07, 6.45) is 1.75. The Hall–Kier alpha value is -0.450. The second-order valence-electron chi connectivity index (χ2n) is 3.43. The monoisotopic (exact) mass is 244 g/mol. The van der Waals surface area contributed by atoms with E-state index in [1.807, 2.05) is 13.0 Å². The summed E-state index contributed by atoms with van der Waals surface area (Å²) in [5.74, 6) is 0. The van der Waals surface area contributed by atoms with Gasteiger partial charge >= 0.3 is 0 Å². The van der Waals surface area contributed by atoms with Gasteiger partial charge in [0.25, 0.3) is 0 Å². The molecule has 1 heterocycles. The van der Waals surface area contributed by atoms with Crippen molar-refractivity contribution in [1.29, 1.82) is 0 Å². The molecule has 1 aromatic rings. The van der Waals surface area contributed by atoms with Gasteiger partial charge in [0.2, 0.25) is 0 Å². The molecule has 13 heavy (non-hydrogen) atoms. The third-order valence-electron chi connectivity index (χ3n) is 1.92. The molecule has 0 unspecified atom stereocenters. The first-order valence-corrected chi connectivity index (χ1v) is 4.79. The molecule has 1 rings (SSSR count). The smallest absolute Gasteiger partial charge is 0.111 e. The fourth-order valence-electron chi connectivity index (χ4n) is 1.04. The highest BCUT2D eigenvalue weighted by Crippen LogP contribution is 2.24. The van der Waals surface area contributed by atoms with Crippen LogP contribution >= 0.6 is 15.9 Å². The van der Waals surface area contributed by atoms with E-state index in [2.05, 4.69) is 20.9 Å². The lowest BCUT2D eigenvalue weighted by molar-refractivity contribution is 0.209. The zero-order chi connectivity index (χ0) is 10.1.